The zero-order valence-corrected chi connectivity index (χ0v) is 12.1. The van der Waals surface area contributed by atoms with E-state index in [0.29, 0.717) is 16.0 Å². The van der Waals surface area contributed by atoms with Crippen molar-refractivity contribution >= 4 is 50.5 Å². The van der Waals surface area contributed by atoms with Gasteiger partial charge in [0.15, 0.2) is 0 Å². The van der Waals surface area contributed by atoms with Crippen molar-refractivity contribution in [3.05, 3.63) is 39.0 Å². The molecule has 0 aliphatic heterocycles. The minimum absolute atomic E-state index is 0.178. The Morgan fingerprint density at radius 3 is 2.95 bits per heavy atom. The fourth-order valence-corrected chi connectivity index (χ4v) is 2.13. The van der Waals surface area contributed by atoms with Crippen molar-refractivity contribution in [1.29, 1.82) is 5.26 Å². The standard InChI is InChI=1S/C13H7BrClNO3/c1-18-13(17)7(6-16)4-11-12(15)9-5-8(14)2-3-10(9)19-11/h2-5H,1H3. The summed E-state index contributed by atoms with van der Waals surface area (Å²) in [7, 11) is 1.20. The predicted octanol–water partition coefficient (Wildman–Crippen LogP) is 3.93. The van der Waals surface area contributed by atoms with Crippen LogP contribution in [0.1, 0.15) is 5.76 Å². The molecular formula is C13H7BrClNO3. The molecule has 0 unspecified atom stereocenters. The van der Waals surface area contributed by atoms with Crippen molar-refractivity contribution in [2.24, 2.45) is 0 Å². The van der Waals surface area contributed by atoms with Gasteiger partial charge in [0.05, 0.1) is 12.1 Å². The first-order valence-corrected chi connectivity index (χ1v) is 6.31. The molecule has 1 aromatic carbocycles. The molecule has 0 atom stereocenters. The normalized spacial score (nSPS) is 11.4. The van der Waals surface area contributed by atoms with Crippen molar-refractivity contribution in [1.82, 2.24) is 0 Å². The maximum atomic E-state index is 11.3. The Bertz CT molecular complexity index is 727. The number of fused-ring (bicyclic) bond motifs is 1. The van der Waals surface area contributed by atoms with Crippen molar-refractivity contribution < 1.29 is 13.9 Å². The van der Waals surface area contributed by atoms with Gasteiger partial charge in [0.2, 0.25) is 0 Å². The van der Waals surface area contributed by atoms with Gasteiger partial charge in [-0.05, 0) is 18.2 Å². The minimum Gasteiger partial charge on any atom is -0.465 e. The lowest BCUT2D eigenvalue weighted by Gasteiger charge is -1.94. The zero-order chi connectivity index (χ0) is 14.0. The second kappa shape index (κ2) is 5.47. The Hall–Kier alpha value is -1.77. The number of nitrogens with zero attached hydrogens (tertiary/aromatic N) is 1. The number of hydrogen-bond acceptors (Lipinski definition) is 4. The van der Waals surface area contributed by atoms with Gasteiger partial charge in [0, 0.05) is 15.9 Å². The van der Waals surface area contributed by atoms with E-state index in [1.165, 1.54) is 13.2 Å². The van der Waals surface area contributed by atoms with Gasteiger partial charge in [-0.1, -0.05) is 27.5 Å². The molecule has 0 bridgehead atoms. The number of halogens is 2. The number of ether oxygens (including phenoxy) is 1. The lowest BCUT2D eigenvalue weighted by molar-refractivity contribution is -0.135. The van der Waals surface area contributed by atoms with Crippen molar-refractivity contribution in [3.8, 4) is 6.07 Å². The summed E-state index contributed by atoms with van der Waals surface area (Å²) in [6.07, 6.45) is 1.27. The lowest BCUT2D eigenvalue weighted by Crippen LogP contribution is -2.02. The molecule has 2 rings (SSSR count). The molecule has 0 radical (unpaired) electrons. The van der Waals surface area contributed by atoms with Crippen LogP contribution in [0.25, 0.3) is 17.0 Å². The van der Waals surface area contributed by atoms with E-state index in [0.717, 1.165) is 4.47 Å². The van der Waals surface area contributed by atoms with Gasteiger partial charge >= 0.3 is 5.97 Å². The number of benzene rings is 1. The van der Waals surface area contributed by atoms with Crippen LogP contribution >= 0.6 is 27.5 Å². The molecule has 0 spiro atoms. The van der Waals surface area contributed by atoms with Gasteiger partial charge in [-0.3, -0.25) is 0 Å². The van der Waals surface area contributed by atoms with Crippen molar-refractivity contribution in [2.45, 2.75) is 0 Å². The number of methoxy groups -OCH3 is 1. The third kappa shape index (κ3) is 2.65. The predicted molar refractivity (Wildman–Crippen MR) is 74.5 cm³/mol. The van der Waals surface area contributed by atoms with Crippen molar-refractivity contribution in [3.63, 3.8) is 0 Å². The highest BCUT2D eigenvalue weighted by atomic mass is 79.9. The summed E-state index contributed by atoms with van der Waals surface area (Å²) in [4.78, 5) is 11.3. The van der Waals surface area contributed by atoms with Crippen LogP contribution in [0.4, 0.5) is 0 Å². The first-order chi connectivity index (χ1) is 9.06. The van der Waals surface area contributed by atoms with E-state index in [1.54, 1.807) is 24.3 Å². The Kier molecular flexibility index (Phi) is 3.93. The first kappa shape index (κ1) is 13.7. The monoisotopic (exact) mass is 339 g/mol. The second-order valence-corrected chi connectivity index (χ2v) is 4.88. The van der Waals surface area contributed by atoms with Crippen LogP contribution < -0.4 is 0 Å². The van der Waals surface area contributed by atoms with Crippen LogP contribution in [-0.4, -0.2) is 13.1 Å². The quantitative estimate of drug-likeness (QED) is 0.472. The van der Waals surface area contributed by atoms with Gasteiger partial charge in [0.1, 0.15) is 23.0 Å². The van der Waals surface area contributed by atoms with Gasteiger partial charge in [0.25, 0.3) is 0 Å². The molecule has 0 aliphatic rings. The highest BCUT2D eigenvalue weighted by molar-refractivity contribution is 9.10. The molecule has 0 N–H and O–H groups in total. The number of carbonyl (C=O) groups excluding carboxylic acids is 1. The summed E-state index contributed by atoms with van der Waals surface area (Å²) >= 11 is 9.49. The molecule has 0 fully saturated rings. The molecule has 0 saturated carbocycles. The Balaban J connectivity index is 2.58. The Morgan fingerprint density at radius 2 is 2.32 bits per heavy atom. The molecule has 0 saturated heterocycles. The summed E-state index contributed by atoms with van der Waals surface area (Å²) in [5.74, 6) is -0.489. The second-order valence-electron chi connectivity index (χ2n) is 3.58. The van der Waals surface area contributed by atoms with E-state index in [9.17, 15) is 4.79 Å². The zero-order valence-electron chi connectivity index (χ0n) is 9.74. The first-order valence-electron chi connectivity index (χ1n) is 5.14. The Morgan fingerprint density at radius 1 is 1.58 bits per heavy atom. The van der Waals surface area contributed by atoms with Crippen molar-refractivity contribution in [2.75, 3.05) is 7.11 Å². The fourth-order valence-electron chi connectivity index (χ4n) is 1.53. The third-order valence-corrected chi connectivity index (χ3v) is 3.30. The summed E-state index contributed by atoms with van der Waals surface area (Å²) in [6, 6.07) is 7.09. The molecule has 6 heteroatoms. The Labute approximate surface area is 122 Å². The summed E-state index contributed by atoms with van der Waals surface area (Å²) in [5.41, 5.74) is 0.393. The van der Waals surface area contributed by atoms with E-state index in [2.05, 4.69) is 20.7 Å². The number of rotatable bonds is 2. The van der Waals surface area contributed by atoms with Crippen LogP contribution in [0.3, 0.4) is 0 Å². The van der Waals surface area contributed by atoms with Gasteiger partial charge in [-0.15, -0.1) is 0 Å². The van der Waals surface area contributed by atoms with Crippen LogP contribution in [0.2, 0.25) is 5.02 Å². The topological polar surface area (TPSA) is 63.2 Å². The van der Waals surface area contributed by atoms with Crippen LogP contribution in [0.15, 0.2) is 32.7 Å². The molecule has 0 amide bonds. The molecule has 1 heterocycles. The molecule has 4 nitrogen and oxygen atoms in total. The number of esters is 1. The fraction of sp³-hybridized carbons (Fsp3) is 0.0769. The summed E-state index contributed by atoms with van der Waals surface area (Å²) in [6.45, 7) is 0. The highest BCUT2D eigenvalue weighted by Crippen LogP contribution is 2.33. The maximum absolute atomic E-state index is 11.3. The third-order valence-electron chi connectivity index (χ3n) is 2.42. The molecule has 1 aromatic heterocycles. The van der Waals surface area contributed by atoms with Gasteiger partial charge < -0.3 is 9.15 Å². The van der Waals surface area contributed by atoms with E-state index in [-0.39, 0.29) is 11.3 Å². The molecule has 0 aliphatic carbocycles. The van der Waals surface area contributed by atoms with Gasteiger partial charge in [-0.25, -0.2) is 4.79 Å². The molecule has 19 heavy (non-hydrogen) atoms. The number of hydrogen-bond donors (Lipinski definition) is 0. The molecule has 96 valence electrons. The largest absolute Gasteiger partial charge is 0.465 e. The van der Waals surface area contributed by atoms with Gasteiger partial charge in [-0.2, -0.15) is 5.26 Å². The summed E-state index contributed by atoms with van der Waals surface area (Å²) < 4.78 is 10.8. The number of furan rings is 1. The summed E-state index contributed by atoms with van der Waals surface area (Å²) in [5, 5.41) is 9.93. The lowest BCUT2D eigenvalue weighted by atomic mass is 10.2. The van der Waals surface area contributed by atoms with E-state index < -0.39 is 5.97 Å². The average molecular weight is 341 g/mol. The van der Waals surface area contributed by atoms with Crippen LogP contribution in [0, 0.1) is 11.3 Å². The highest BCUT2D eigenvalue weighted by Gasteiger charge is 2.15. The SMILES string of the molecule is COC(=O)C(C#N)=Cc1oc2ccc(Br)cc2c1Cl. The van der Waals surface area contributed by atoms with Crippen LogP contribution in [-0.2, 0) is 9.53 Å². The average Bonchev–Trinajstić information content (AvgIpc) is 2.72. The van der Waals surface area contributed by atoms with E-state index in [1.807, 2.05) is 0 Å². The smallest absolute Gasteiger partial charge is 0.348 e. The minimum atomic E-state index is -0.736. The number of nitriles is 1. The van der Waals surface area contributed by atoms with E-state index >= 15 is 0 Å². The maximum Gasteiger partial charge on any atom is 0.348 e. The number of carbonyl (C=O) groups is 1. The molecule has 2 aromatic rings. The van der Waals surface area contributed by atoms with E-state index in [4.69, 9.17) is 21.3 Å². The molecular weight excluding hydrogens is 334 g/mol. The van der Waals surface area contributed by atoms with Crippen LogP contribution in [0.5, 0.6) is 0 Å².